The number of carbonyl (C=O) groups excluding carboxylic acids is 2. The number of Topliss-reactive ketones (excluding diaryl/α,β-unsaturated/α-hetero) is 1. The van der Waals surface area contributed by atoms with Crippen molar-refractivity contribution in [1.29, 1.82) is 0 Å². The van der Waals surface area contributed by atoms with Gasteiger partial charge in [-0.1, -0.05) is 0 Å². The number of hydrogen-bond acceptors (Lipinski definition) is 4. The smallest absolute Gasteiger partial charge is 0.254 e. The van der Waals surface area contributed by atoms with Gasteiger partial charge in [-0.3, -0.25) is 9.59 Å². The van der Waals surface area contributed by atoms with Crippen LogP contribution in [0.15, 0.2) is 0 Å². The van der Waals surface area contributed by atoms with Gasteiger partial charge in [-0.2, -0.15) is 0 Å². The van der Waals surface area contributed by atoms with Gasteiger partial charge >= 0.3 is 0 Å². The number of fused-ring (bicyclic) bond motifs is 1. The minimum Gasteiger partial charge on any atom is -0.361 e. The molecular formula is C17H21N3O2S. The number of aryl methyl sites for hydroxylation is 4. The molecule has 5 nitrogen and oxygen atoms in total. The van der Waals surface area contributed by atoms with Crippen LogP contribution in [0.25, 0.3) is 0 Å². The number of rotatable bonds is 3. The van der Waals surface area contributed by atoms with Crippen molar-refractivity contribution < 1.29 is 9.59 Å². The summed E-state index contributed by atoms with van der Waals surface area (Å²) in [5.41, 5.74) is 3.65. The second-order valence-electron chi connectivity index (χ2n) is 6.12. The Labute approximate surface area is 139 Å². The highest BCUT2D eigenvalue weighted by Gasteiger charge is 2.29. The fourth-order valence-corrected chi connectivity index (χ4v) is 4.22. The molecule has 122 valence electrons. The zero-order valence-electron chi connectivity index (χ0n) is 13.9. The van der Waals surface area contributed by atoms with Crippen molar-refractivity contribution >= 4 is 23.0 Å². The van der Waals surface area contributed by atoms with E-state index in [1.807, 2.05) is 27.7 Å². The van der Waals surface area contributed by atoms with Crippen LogP contribution in [-0.2, 0) is 6.42 Å². The van der Waals surface area contributed by atoms with Crippen LogP contribution in [0.3, 0.4) is 0 Å². The van der Waals surface area contributed by atoms with Gasteiger partial charge < -0.3 is 10.3 Å². The van der Waals surface area contributed by atoms with Gasteiger partial charge in [0, 0.05) is 22.7 Å². The largest absolute Gasteiger partial charge is 0.361 e. The first-order valence-corrected chi connectivity index (χ1v) is 8.69. The number of thiazole rings is 1. The normalized spacial score (nSPS) is 15.4. The Morgan fingerprint density at radius 1 is 1.30 bits per heavy atom. The lowest BCUT2D eigenvalue weighted by Crippen LogP contribution is -2.29. The van der Waals surface area contributed by atoms with Gasteiger partial charge in [-0.25, -0.2) is 4.98 Å². The van der Waals surface area contributed by atoms with Crippen LogP contribution < -0.4 is 5.32 Å². The number of H-pyrrole nitrogens is 1. The van der Waals surface area contributed by atoms with Crippen LogP contribution in [0.4, 0.5) is 0 Å². The van der Waals surface area contributed by atoms with Crippen LogP contribution in [0.5, 0.6) is 0 Å². The summed E-state index contributed by atoms with van der Waals surface area (Å²) in [6, 6.07) is -0.184. The van der Waals surface area contributed by atoms with Crippen LogP contribution >= 0.6 is 11.3 Å². The maximum Gasteiger partial charge on any atom is 0.254 e. The molecule has 6 heteroatoms. The predicted octanol–water partition coefficient (Wildman–Crippen LogP) is 3.41. The van der Waals surface area contributed by atoms with E-state index in [4.69, 9.17) is 0 Å². The molecule has 2 aromatic heterocycles. The highest BCUT2D eigenvalue weighted by molar-refractivity contribution is 7.11. The number of hydrogen-bond donors (Lipinski definition) is 2. The van der Waals surface area contributed by atoms with Crippen molar-refractivity contribution in [3.05, 3.63) is 38.1 Å². The summed E-state index contributed by atoms with van der Waals surface area (Å²) in [6.07, 6.45) is 2.19. The lowest BCUT2D eigenvalue weighted by molar-refractivity contribution is 0.0917. The van der Waals surface area contributed by atoms with Crippen LogP contribution in [0.1, 0.15) is 73.5 Å². The standard InChI is InChI=1S/C17H21N3O2S/c1-8-14(15-12(18-8)6-5-7-13(15)21)17(22)19-9(2)16-10(3)23-11(4)20-16/h9,18H,5-7H2,1-4H3,(H,19,22). The first-order chi connectivity index (χ1) is 10.9. The zero-order chi connectivity index (χ0) is 16.7. The van der Waals surface area contributed by atoms with Crippen LogP contribution in [-0.4, -0.2) is 21.7 Å². The number of amides is 1. The van der Waals surface area contributed by atoms with Gasteiger partial charge in [0.25, 0.3) is 5.91 Å². The van der Waals surface area contributed by atoms with Gasteiger partial charge in [0.05, 0.1) is 27.9 Å². The molecule has 3 rings (SSSR count). The average molecular weight is 331 g/mol. The molecule has 1 atom stereocenters. The minimum atomic E-state index is -0.201. The Kier molecular flexibility index (Phi) is 4.10. The number of carbonyl (C=O) groups is 2. The first kappa shape index (κ1) is 15.9. The van der Waals surface area contributed by atoms with Gasteiger partial charge in [0.2, 0.25) is 0 Å². The predicted molar refractivity (Wildman–Crippen MR) is 90.3 cm³/mol. The Morgan fingerprint density at radius 3 is 2.70 bits per heavy atom. The Hall–Kier alpha value is -1.95. The van der Waals surface area contributed by atoms with Crippen molar-refractivity contribution in [1.82, 2.24) is 15.3 Å². The molecule has 0 bridgehead atoms. The molecule has 1 unspecified atom stereocenters. The fourth-order valence-electron chi connectivity index (χ4n) is 3.30. The van der Waals surface area contributed by atoms with E-state index in [-0.39, 0.29) is 17.7 Å². The summed E-state index contributed by atoms with van der Waals surface area (Å²) in [4.78, 5) is 33.8. The average Bonchev–Trinajstić information content (AvgIpc) is 2.98. The lowest BCUT2D eigenvalue weighted by Gasteiger charge is -2.15. The third kappa shape index (κ3) is 2.83. The molecule has 1 aliphatic rings. The molecule has 1 aliphatic carbocycles. The number of ketones is 1. The summed E-state index contributed by atoms with van der Waals surface area (Å²) in [7, 11) is 0. The Bertz CT molecular complexity index is 788. The maximum absolute atomic E-state index is 12.7. The molecule has 0 saturated heterocycles. The molecule has 2 N–H and O–H groups in total. The SMILES string of the molecule is Cc1nc(C(C)NC(=O)c2c(C)[nH]c3c2C(=O)CCC3)c(C)s1. The molecule has 0 fully saturated rings. The second-order valence-corrected chi connectivity index (χ2v) is 7.53. The van der Waals surface area contributed by atoms with E-state index in [0.29, 0.717) is 17.5 Å². The quantitative estimate of drug-likeness (QED) is 0.905. The third-order valence-electron chi connectivity index (χ3n) is 4.30. The number of aromatic amines is 1. The monoisotopic (exact) mass is 331 g/mol. The summed E-state index contributed by atoms with van der Waals surface area (Å²) in [5, 5.41) is 3.99. The van der Waals surface area contributed by atoms with E-state index in [9.17, 15) is 9.59 Å². The Morgan fingerprint density at radius 2 is 2.04 bits per heavy atom. The molecule has 0 aromatic carbocycles. The highest BCUT2D eigenvalue weighted by Crippen LogP contribution is 2.28. The van der Waals surface area contributed by atoms with E-state index in [1.54, 1.807) is 11.3 Å². The fraction of sp³-hybridized carbons (Fsp3) is 0.471. The van der Waals surface area contributed by atoms with Gasteiger partial charge in [0.15, 0.2) is 5.78 Å². The molecule has 0 aliphatic heterocycles. The third-order valence-corrected chi connectivity index (χ3v) is 5.20. The molecular weight excluding hydrogens is 310 g/mol. The highest BCUT2D eigenvalue weighted by atomic mass is 32.1. The van der Waals surface area contributed by atoms with E-state index in [0.717, 1.165) is 39.8 Å². The molecule has 0 radical (unpaired) electrons. The molecule has 2 aromatic rings. The first-order valence-electron chi connectivity index (χ1n) is 7.88. The van der Waals surface area contributed by atoms with Gasteiger partial charge in [-0.05, 0) is 40.5 Å². The minimum absolute atomic E-state index is 0.0640. The molecule has 0 spiro atoms. The molecule has 2 heterocycles. The molecule has 0 saturated carbocycles. The summed E-state index contributed by atoms with van der Waals surface area (Å²) in [5.74, 6) is -0.137. The molecule has 23 heavy (non-hydrogen) atoms. The van der Waals surface area contributed by atoms with Crippen LogP contribution in [0, 0.1) is 20.8 Å². The van der Waals surface area contributed by atoms with Crippen molar-refractivity contribution in [3.63, 3.8) is 0 Å². The van der Waals surface area contributed by atoms with Crippen molar-refractivity contribution in [2.75, 3.05) is 0 Å². The Balaban J connectivity index is 1.88. The number of nitrogens with zero attached hydrogens (tertiary/aromatic N) is 1. The number of nitrogens with one attached hydrogen (secondary N) is 2. The maximum atomic E-state index is 12.7. The lowest BCUT2D eigenvalue weighted by atomic mass is 9.93. The van der Waals surface area contributed by atoms with E-state index >= 15 is 0 Å². The van der Waals surface area contributed by atoms with E-state index < -0.39 is 0 Å². The van der Waals surface area contributed by atoms with E-state index in [2.05, 4.69) is 15.3 Å². The number of aromatic nitrogens is 2. The summed E-state index contributed by atoms with van der Waals surface area (Å²) < 4.78 is 0. The van der Waals surface area contributed by atoms with Gasteiger partial charge in [0.1, 0.15) is 0 Å². The van der Waals surface area contributed by atoms with Crippen molar-refractivity contribution in [3.8, 4) is 0 Å². The summed E-state index contributed by atoms with van der Waals surface area (Å²) in [6.45, 7) is 7.75. The second kappa shape index (κ2) is 5.92. The molecule has 1 amide bonds. The summed E-state index contributed by atoms with van der Waals surface area (Å²) >= 11 is 1.63. The van der Waals surface area contributed by atoms with Crippen molar-refractivity contribution in [2.45, 2.75) is 53.0 Å². The van der Waals surface area contributed by atoms with E-state index in [1.165, 1.54) is 0 Å². The topological polar surface area (TPSA) is 74.8 Å². The zero-order valence-corrected chi connectivity index (χ0v) is 14.7. The van der Waals surface area contributed by atoms with Crippen molar-refractivity contribution in [2.24, 2.45) is 0 Å². The van der Waals surface area contributed by atoms with Gasteiger partial charge in [-0.15, -0.1) is 11.3 Å². The van der Waals surface area contributed by atoms with Crippen LogP contribution in [0.2, 0.25) is 0 Å².